The molecule has 0 radical (unpaired) electrons. The van der Waals surface area contributed by atoms with Gasteiger partial charge in [0.05, 0.1) is 39.0 Å². The molecule has 8 nitrogen and oxygen atoms in total. The highest BCUT2D eigenvalue weighted by Gasteiger charge is 2.34. The maximum atomic E-state index is 13.7. The minimum absolute atomic E-state index is 0.179. The van der Waals surface area contributed by atoms with Crippen molar-refractivity contribution in [3.8, 4) is 0 Å². The van der Waals surface area contributed by atoms with Crippen LogP contribution in [-0.4, -0.2) is 78.8 Å². The molecular formula is C25H29F3IN5O3S. The summed E-state index contributed by atoms with van der Waals surface area (Å²) in [6, 6.07) is 6.20. The molecule has 1 aromatic carbocycles. The summed E-state index contributed by atoms with van der Waals surface area (Å²) < 4.78 is 73.3. The molecule has 0 aliphatic carbocycles. The number of sulfone groups is 1. The quantitative estimate of drug-likeness (QED) is 0.373. The fourth-order valence-corrected chi connectivity index (χ4v) is 6.82. The number of fused-ring (bicyclic) bond motifs is 1. The molecule has 0 saturated carbocycles. The zero-order valence-electron chi connectivity index (χ0n) is 21.1. The zero-order chi connectivity index (χ0) is 27.2. The SMILES string of the molecule is Cc1c(Cc2c(CN3CCC(S(C)(=O)=O)C3)nc3c(I)cc(N4CCOCC4)nn23)cccc1C(F)(F)F. The van der Waals surface area contributed by atoms with E-state index in [2.05, 4.69) is 27.5 Å². The number of alkyl halides is 3. The Labute approximate surface area is 233 Å². The van der Waals surface area contributed by atoms with Crippen LogP contribution in [0.1, 0.15) is 34.5 Å². The minimum atomic E-state index is -4.45. The van der Waals surface area contributed by atoms with Crippen molar-refractivity contribution in [1.82, 2.24) is 19.5 Å². The van der Waals surface area contributed by atoms with Crippen molar-refractivity contribution in [2.24, 2.45) is 0 Å². The van der Waals surface area contributed by atoms with Crippen molar-refractivity contribution in [1.29, 1.82) is 0 Å². The first-order valence-electron chi connectivity index (χ1n) is 12.4. The van der Waals surface area contributed by atoms with Crippen LogP contribution in [0, 0.1) is 10.5 Å². The van der Waals surface area contributed by atoms with Gasteiger partial charge in [0, 0.05) is 38.9 Å². The predicted octanol–water partition coefficient (Wildman–Crippen LogP) is 3.71. The zero-order valence-corrected chi connectivity index (χ0v) is 24.1. The number of hydrogen-bond acceptors (Lipinski definition) is 7. The summed E-state index contributed by atoms with van der Waals surface area (Å²) >= 11 is 2.22. The van der Waals surface area contributed by atoms with Gasteiger partial charge in [-0.1, -0.05) is 12.1 Å². The van der Waals surface area contributed by atoms with Gasteiger partial charge in [-0.25, -0.2) is 17.9 Å². The summed E-state index contributed by atoms with van der Waals surface area (Å²) in [5.74, 6) is 0.759. The Kier molecular flexibility index (Phi) is 7.66. The van der Waals surface area contributed by atoms with Gasteiger partial charge < -0.3 is 9.64 Å². The molecule has 1 atom stereocenters. The number of aromatic nitrogens is 3. The number of benzene rings is 1. The van der Waals surface area contributed by atoms with Crippen LogP contribution in [0.25, 0.3) is 5.65 Å². The molecule has 13 heteroatoms. The van der Waals surface area contributed by atoms with E-state index in [1.807, 2.05) is 11.0 Å². The van der Waals surface area contributed by atoms with Gasteiger partial charge >= 0.3 is 6.18 Å². The molecule has 2 aromatic heterocycles. The van der Waals surface area contributed by atoms with Gasteiger partial charge in [-0.05, 0) is 65.7 Å². The van der Waals surface area contributed by atoms with E-state index < -0.39 is 26.8 Å². The van der Waals surface area contributed by atoms with E-state index in [4.69, 9.17) is 14.8 Å². The molecule has 5 rings (SSSR count). The molecule has 0 N–H and O–H groups in total. The summed E-state index contributed by atoms with van der Waals surface area (Å²) in [6.45, 7) is 5.48. The van der Waals surface area contributed by atoms with E-state index >= 15 is 0 Å². The van der Waals surface area contributed by atoms with Crippen molar-refractivity contribution < 1.29 is 26.3 Å². The normalized spacial score (nSPS) is 19.5. The summed E-state index contributed by atoms with van der Waals surface area (Å²) in [4.78, 5) is 9.06. The van der Waals surface area contributed by atoms with Crippen LogP contribution >= 0.6 is 22.6 Å². The molecule has 206 valence electrons. The number of rotatable bonds is 6. The van der Waals surface area contributed by atoms with Gasteiger partial charge in [-0.2, -0.15) is 13.2 Å². The lowest BCUT2D eigenvalue weighted by molar-refractivity contribution is -0.138. The molecule has 0 spiro atoms. The smallest absolute Gasteiger partial charge is 0.378 e. The van der Waals surface area contributed by atoms with Crippen molar-refractivity contribution >= 4 is 43.9 Å². The Morgan fingerprint density at radius 2 is 1.92 bits per heavy atom. The van der Waals surface area contributed by atoms with Crippen LogP contribution in [0.5, 0.6) is 0 Å². The average molecular weight is 664 g/mol. The van der Waals surface area contributed by atoms with Crippen LogP contribution in [0.2, 0.25) is 0 Å². The molecule has 2 saturated heterocycles. The van der Waals surface area contributed by atoms with E-state index in [0.29, 0.717) is 75.0 Å². The Bertz CT molecular complexity index is 1450. The monoisotopic (exact) mass is 663 g/mol. The standard InChI is InChI=1S/C25H29F3IN5O3S/c1-16-17(4-3-5-19(16)25(26,27)28)12-22-21(15-32-7-6-18(14-32)38(2,35)36)30-24-20(29)13-23(31-34(22)24)33-8-10-37-11-9-33/h3-5,13,18H,6-12,14-15H2,1-2H3. The fourth-order valence-electron chi connectivity index (χ4n) is 5.18. The summed E-state index contributed by atoms with van der Waals surface area (Å²) in [5.41, 5.74) is 2.11. The molecule has 3 aromatic rings. The minimum Gasteiger partial charge on any atom is -0.378 e. The average Bonchev–Trinajstić information content (AvgIpc) is 3.46. The Morgan fingerprint density at radius 3 is 2.58 bits per heavy atom. The van der Waals surface area contributed by atoms with Gasteiger partial charge in [-0.15, -0.1) is 5.10 Å². The maximum Gasteiger partial charge on any atom is 0.416 e. The second-order valence-electron chi connectivity index (χ2n) is 9.93. The van der Waals surface area contributed by atoms with Crippen LogP contribution in [-0.2, 0) is 33.7 Å². The Morgan fingerprint density at radius 1 is 1.18 bits per heavy atom. The van der Waals surface area contributed by atoms with Gasteiger partial charge in [-0.3, -0.25) is 4.90 Å². The Hall–Kier alpha value is -1.97. The molecule has 2 fully saturated rings. The highest BCUT2D eigenvalue weighted by atomic mass is 127. The van der Waals surface area contributed by atoms with Crippen LogP contribution < -0.4 is 4.90 Å². The number of morpholine rings is 1. The largest absolute Gasteiger partial charge is 0.416 e. The molecular weight excluding hydrogens is 634 g/mol. The third kappa shape index (κ3) is 5.65. The predicted molar refractivity (Wildman–Crippen MR) is 146 cm³/mol. The third-order valence-corrected chi connectivity index (χ3v) is 9.74. The molecule has 2 aliphatic heterocycles. The number of nitrogens with zero attached hydrogens (tertiary/aromatic N) is 5. The first kappa shape index (κ1) is 27.6. The summed E-state index contributed by atoms with van der Waals surface area (Å²) in [5, 5.41) is 4.46. The van der Waals surface area contributed by atoms with E-state index in [-0.39, 0.29) is 12.0 Å². The lowest BCUT2D eigenvalue weighted by atomic mass is 9.98. The molecule has 0 amide bonds. The van der Waals surface area contributed by atoms with Gasteiger partial charge in [0.15, 0.2) is 21.3 Å². The summed E-state index contributed by atoms with van der Waals surface area (Å²) in [7, 11) is -3.16. The second-order valence-corrected chi connectivity index (χ2v) is 13.4. The maximum absolute atomic E-state index is 13.7. The number of anilines is 1. The van der Waals surface area contributed by atoms with Gasteiger partial charge in [0.25, 0.3) is 0 Å². The molecule has 4 heterocycles. The van der Waals surface area contributed by atoms with Crippen molar-refractivity contribution in [2.75, 3.05) is 50.5 Å². The number of imidazole rings is 1. The number of likely N-dealkylation sites (tertiary alicyclic amines) is 1. The first-order chi connectivity index (χ1) is 17.9. The van der Waals surface area contributed by atoms with Crippen molar-refractivity contribution in [3.63, 3.8) is 0 Å². The summed E-state index contributed by atoms with van der Waals surface area (Å²) in [6.07, 6.45) is -2.43. The van der Waals surface area contributed by atoms with E-state index in [1.165, 1.54) is 19.2 Å². The highest BCUT2D eigenvalue weighted by molar-refractivity contribution is 14.1. The van der Waals surface area contributed by atoms with E-state index in [0.717, 1.165) is 15.5 Å². The lowest BCUT2D eigenvalue weighted by Crippen LogP contribution is -2.37. The van der Waals surface area contributed by atoms with Crippen molar-refractivity contribution in [2.45, 2.75) is 37.7 Å². The lowest BCUT2D eigenvalue weighted by Gasteiger charge is -2.27. The molecule has 38 heavy (non-hydrogen) atoms. The molecule has 2 aliphatic rings. The van der Waals surface area contributed by atoms with Crippen molar-refractivity contribution in [3.05, 3.63) is 55.9 Å². The number of hydrogen-bond donors (Lipinski definition) is 0. The fraction of sp³-hybridized carbons (Fsp3) is 0.520. The Balaban J connectivity index is 1.58. The van der Waals surface area contributed by atoms with E-state index in [1.54, 1.807) is 10.6 Å². The van der Waals surface area contributed by atoms with Crippen LogP contribution in [0.3, 0.4) is 0 Å². The topological polar surface area (TPSA) is 80.0 Å². The first-order valence-corrected chi connectivity index (χ1v) is 15.4. The van der Waals surface area contributed by atoms with E-state index in [9.17, 15) is 21.6 Å². The van der Waals surface area contributed by atoms with Gasteiger partial charge in [0.2, 0.25) is 0 Å². The second kappa shape index (κ2) is 10.5. The number of halogens is 4. The van der Waals surface area contributed by atoms with Gasteiger partial charge in [0.1, 0.15) is 0 Å². The number of ether oxygens (including phenoxy) is 1. The molecule has 1 unspecified atom stereocenters. The van der Waals surface area contributed by atoms with Crippen LogP contribution in [0.15, 0.2) is 24.3 Å². The molecule has 0 bridgehead atoms. The van der Waals surface area contributed by atoms with Crippen LogP contribution in [0.4, 0.5) is 19.0 Å². The third-order valence-electron chi connectivity index (χ3n) is 7.35. The highest BCUT2D eigenvalue weighted by Crippen LogP contribution is 2.34.